The minimum absolute atomic E-state index is 0.0358. The van der Waals surface area contributed by atoms with E-state index in [1.54, 1.807) is 6.07 Å². The summed E-state index contributed by atoms with van der Waals surface area (Å²) in [6, 6.07) is 5.51. The van der Waals surface area contributed by atoms with Gasteiger partial charge >= 0.3 is 0 Å². The SMILES string of the molecule is CCNC(=O)c1c(Cl)cccc1NC(C)(CC)CC. The highest BCUT2D eigenvalue weighted by Crippen LogP contribution is 2.29. The molecule has 0 heterocycles. The average Bonchev–Trinajstić information content (AvgIpc) is 2.39. The van der Waals surface area contributed by atoms with Crippen molar-refractivity contribution in [3.63, 3.8) is 0 Å². The van der Waals surface area contributed by atoms with Crippen LogP contribution >= 0.6 is 11.6 Å². The molecule has 0 unspecified atom stereocenters. The minimum Gasteiger partial charge on any atom is -0.379 e. The Kier molecular flexibility index (Phi) is 5.67. The van der Waals surface area contributed by atoms with E-state index in [1.807, 2.05) is 19.1 Å². The molecule has 0 saturated carbocycles. The number of carbonyl (C=O) groups is 1. The first-order valence-electron chi connectivity index (χ1n) is 6.82. The maximum absolute atomic E-state index is 12.1. The van der Waals surface area contributed by atoms with Crippen LogP contribution in [0.5, 0.6) is 0 Å². The largest absolute Gasteiger partial charge is 0.379 e. The minimum atomic E-state index is -0.134. The third-order valence-corrected chi connectivity index (χ3v) is 3.89. The molecular weight excluding hydrogens is 260 g/mol. The standard InChI is InChI=1S/C15H23ClN2O/c1-5-15(4,6-2)18-12-10-8-9-11(16)13(12)14(19)17-7-3/h8-10,18H,5-7H2,1-4H3,(H,17,19). The van der Waals surface area contributed by atoms with Gasteiger partial charge in [-0.1, -0.05) is 31.5 Å². The molecule has 0 radical (unpaired) electrons. The average molecular weight is 283 g/mol. The van der Waals surface area contributed by atoms with Crippen LogP contribution in [0.15, 0.2) is 18.2 Å². The smallest absolute Gasteiger partial charge is 0.254 e. The van der Waals surface area contributed by atoms with Crippen molar-refractivity contribution in [1.82, 2.24) is 5.32 Å². The van der Waals surface area contributed by atoms with Gasteiger partial charge in [0.1, 0.15) is 0 Å². The molecule has 1 amide bonds. The number of benzene rings is 1. The van der Waals surface area contributed by atoms with E-state index in [0.29, 0.717) is 17.1 Å². The summed E-state index contributed by atoms with van der Waals surface area (Å²) in [6.45, 7) is 8.89. The fraction of sp³-hybridized carbons (Fsp3) is 0.533. The molecule has 1 aromatic rings. The second kappa shape index (κ2) is 6.80. The van der Waals surface area contributed by atoms with Crippen molar-refractivity contribution in [2.75, 3.05) is 11.9 Å². The molecule has 4 heteroatoms. The van der Waals surface area contributed by atoms with Gasteiger partial charge in [-0.05, 0) is 38.8 Å². The summed E-state index contributed by atoms with van der Waals surface area (Å²) in [5.74, 6) is -0.134. The van der Waals surface area contributed by atoms with E-state index in [4.69, 9.17) is 11.6 Å². The van der Waals surface area contributed by atoms with Gasteiger partial charge in [-0.2, -0.15) is 0 Å². The summed E-state index contributed by atoms with van der Waals surface area (Å²) < 4.78 is 0. The fourth-order valence-electron chi connectivity index (χ4n) is 1.86. The van der Waals surface area contributed by atoms with Gasteiger partial charge in [0.25, 0.3) is 5.91 Å². The molecule has 1 aromatic carbocycles. The van der Waals surface area contributed by atoms with E-state index < -0.39 is 0 Å². The van der Waals surface area contributed by atoms with Gasteiger partial charge in [0.15, 0.2) is 0 Å². The Bertz CT molecular complexity index is 442. The molecule has 0 aliphatic heterocycles. The number of anilines is 1. The molecular formula is C15H23ClN2O. The third kappa shape index (κ3) is 3.87. The van der Waals surface area contributed by atoms with E-state index in [0.717, 1.165) is 18.5 Å². The molecule has 0 aliphatic rings. The van der Waals surface area contributed by atoms with Crippen LogP contribution in [0.2, 0.25) is 5.02 Å². The van der Waals surface area contributed by atoms with E-state index in [9.17, 15) is 4.79 Å². The van der Waals surface area contributed by atoms with Crippen molar-refractivity contribution in [3.8, 4) is 0 Å². The summed E-state index contributed by atoms with van der Waals surface area (Å²) in [5.41, 5.74) is 1.29. The van der Waals surface area contributed by atoms with Crippen molar-refractivity contribution in [2.45, 2.75) is 46.1 Å². The second-order valence-corrected chi connectivity index (χ2v) is 5.32. The van der Waals surface area contributed by atoms with Gasteiger partial charge < -0.3 is 10.6 Å². The molecule has 0 fully saturated rings. The van der Waals surface area contributed by atoms with Crippen LogP contribution in [0.1, 0.15) is 50.9 Å². The molecule has 1 rings (SSSR count). The van der Waals surface area contributed by atoms with E-state index >= 15 is 0 Å². The Morgan fingerprint density at radius 1 is 1.26 bits per heavy atom. The quantitative estimate of drug-likeness (QED) is 0.825. The lowest BCUT2D eigenvalue weighted by Gasteiger charge is -2.30. The summed E-state index contributed by atoms with van der Waals surface area (Å²) in [6.07, 6.45) is 1.95. The zero-order valence-corrected chi connectivity index (χ0v) is 12.9. The fourth-order valence-corrected chi connectivity index (χ4v) is 2.12. The highest BCUT2D eigenvalue weighted by molar-refractivity contribution is 6.34. The van der Waals surface area contributed by atoms with Crippen molar-refractivity contribution in [1.29, 1.82) is 0 Å². The molecule has 0 spiro atoms. The van der Waals surface area contributed by atoms with Crippen molar-refractivity contribution < 1.29 is 4.79 Å². The van der Waals surface area contributed by atoms with Gasteiger partial charge in [-0.3, -0.25) is 4.79 Å². The molecule has 0 saturated heterocycles. The zero-order chi connectivity index (χ0) is 14.5. The lowest BCUT2D eigenvalue weighted by atomic mass is 9.94. The van der Waals surface area contributed by atoms with E-state index in [2.05, 4.69) is 31.4 Å². The molecule has 3 nitrogen and oxygen atoms in total. The van der Waals surface area contributed by atoms with Gasteiger partial charge in [-0.15, -0.1) is 0 Å². The van der Waals surface area contributed by atoms with Gasteiger partial charge in [0.05, 0.1) is 10.6 Å². The Balaban J connectivity index is 3.14. The Morgan fingerprint density at radius 2 is 1.89 bits per heavy atom. The van der Waals surface area contributed by atoms with Crippen LogP contribution in [0, 0.1) is 0 Å². The number of rotatable bonds is 6. The van der Waals surface area contributed by atoms with E-state index in [-0.39, 0.29) is 11.4 Å². The van der Waals surface area contributed by atoms with Gasteiger partial charge in [-0.25, -0.2) is 0 Å². The Labute approximate surface area is 120 Å². The lowest BCUT2D eigenvalue weighted by molar-refractivity contribution is 0.0956. The van der Waals surface area contributed by atoms with Crippen molar-refractivity contribution >= 4 is 23.2 Å². The summed E-state index contributed by atoms with van der Waals surface area (Å²) in [7, 11) is 0. The highest BCUT2D eigenvalue weighted by Gasteiger charge is 2.23. The predicted octanol–water partition coefficient (Wildman–Crippen LogP) is 4.08. The molecule has 106 valence electrons. The first-order chi connectivity index (χ1) is 8.97. The predicted molar refractivity (Wildman–Crippen MR) is 82.1 cm³/mol. The maximum Gasteiger partial charge on any atom is 0.254 e. The van der Waals surface area contributed by atoms with Crippen molar-refractivity contribution in [3.05, 3.63) is 28.8 Å². The lowest BCUT2D eigenvalue weighted by Crippen LogP contribution is -2.34. The number of hydrogen-bond acceptors (Lipinski definition) is 2. The van der Waals surface area contributed by atoms with Gasteiger partial charge in [0, 0.05) is 17.8 Å². The van der Waals surface area contributed by atoms with Crippen LogP contribution < -0.4 is 10.6 Å². The second-order valence-electron chi connectivity index (χ2n) is 4.91. The molecule has 0 aromatic heterocycles. The monoisotopic (exact) mass is 282 g/mol. The summed E-state index contributed by atoms with van der Waals surface area (Å²) in [4.78, 5) is 12.1. The van der Waals surface area contributed by atoms with E-state index in [1.165, 1.54) is 0 Å². The molecule has 0 atom stereocenters. The van der Waals surface area contributed by atoms with Crippen LogP contribution in [0.4, 0.5) is 5.69 Å². The normalized spacial score (nSPS) is 11.2. The maximum atomic E-state index is 12.1. The zero-order valence-electron chi connectivity index (χ0n) is 12.1. The first-order valence-corrected chi connectivity index (χ1v) is 7.20. The Morgan fingerprint density at radius 3 is 2.42 bits per heavy atom. The summed E-state index contributed by atoms with van der Waals surface area (Å²) >= 11 is 6.17. The van der Waals surface area contributed by atoms with Crippen LogP contribution in [-0.4, -0.2) is 18.0 Å². The molecule has 19 heavy (non-hydrogen) atoms. The topological polar surface area (TPSA) is 41.1 Å². The number of amides is 1. The third-order valence-electron chi connectivity index (χ3n) is 3.58. The number of nitrogens with one attached hydrogen (secondary N) is 2. The molecule has 0 bridgehead atoms. The summed E-state index contributed by atoms with van der Waals surface area (Å²) in [5, 5.41) is 6.74. The number of carbonyl (C=O) groups excluding carboxylic acids is 1. The van der Waals surface area contributed by atoms with Crippen LogP contribution in [0.3, 0.4) is 0 Å². The van der Waals surface area contributed by atoms with Gasteiger partial charge in [0.2, 0.25) is 0 Å². The van der Waals surface area contributed by atoms with Crippen LogP contribution in [0.25, 0.3) is 0 Å². The highest BCUT2D eigenvalue weighted by atomic mass is 35.5. The Hall–Kier alpha value is -1.22. The first kappa shape index (κ1) is 15.8. The van der Waals surface area contributed by atoms with Crippen molar-refractivity contribution in [2.24, 2.45) is 0 Å². The number of halogens is 1. The van der Waals surface area contributed by atoms with Crippen LogP contribution in [-0.2, 0) is 0 Å². The number of hydrogen-bond donors (Lipinski definition) is 2. The molecule has 0 aliphatic carbocycles. The molecule has 2 N–H and O–H groups in total.